The van der Waals surface area contributed by atoms with Crippen molar-refractivity contribution in [3.63, 3.8) is 0 Å². The molecular weight excluding hydrogens is 468 g/mol. The fraction of sp³-hybridized carbons (Fsp3) is 0.240. The van der Waals surface area contributed by atoms with Crippen molar-refractivity contribution in [2.75, 3.05) is 13.1 Å². The third kappa shape index (κ3) is 6.92. The molecule has 11 heteroatoms. The van der Waals surface area contributed by atoms with Crippen LogP contribution >= 0.6 is 0 Å². The van der Waals surface area contributed by atoms with Crippen LogP contribution in [-0.4, -0.2) is 50.6 Å². The minimum Gasteiger partial charge on any atom is -0.479 e. The van der Waals surface area contributed by atoms with E-state index in [1.165, 1.54) is 13.1 Å². The smallest absolute Gasteiger partial charge is 0.407 e. The first-order chi connectivity index (χ1) is 17.3. The SMILES string of the molecule is Cc1cn(CC(=O)N(CCNC(=O)OCc2ccccc2)C(C(=O)O)c2ccccc2)c(=O)[nH]c1=O. The summed E-state index contributed by atoms with van der Waals surface area (Å²) in [6, 6.07) is 15.8. The predicted octanol–water partition coefficient (Wildman–Crippen LogP) is 1.43. The van der Waals surface area contributed by atoms with Gasteiger partial charge in [-0.2, -0.15) is 0 Å². The molecule has 36 heavy (non-hydrogen) atoms. The van der Waals surface area contributed by atoms with E-state index >= 15 is 0 Å². The third-order valence-electron chi connectivity index (χ3n) is 5.31. The fourth-order valence-corrected chi connectivity index (χ4v) is 3.51. The Morgan fingerprint density at radius 1 is 1.06 bits per heavy atom. The van der Waals surface area contributed by atoms with Gasteiger partial charge in [0.2, 0.25) is 5.91 Å². The molecule has 0 saturated heterocycles. The number of aromatic nitrogens is 2. The molecule has 0 bridgehead atoms. The molecule has 1 aromatic heterocycles. The Kier molecular flexibility index (Phi) is 8.76. The topological polar surface area (TPSA) is 151 Å². The molecule has 1 atom stereocenters. The van der Waals surface area contributed by atoms with Gasteiger partial charge in [-0.1, -0.05) is 60.7 Å². The van der Waals surface area contributed by atoms with Gasteiger partial charge in [0.15, 0.2) is 6.04 Å². The number of carbonyl (C=O) groups excluding carboxylic acids is 2. The first-order valence-corrected chi connectivity index (χ1v) is 11.1. The number of nitrogens with zero attached hydrogens (tertiary/aromatic N) is 2. The largest absolute Gasteiger partial charge is 0.479 e. The predicted molar refractivity (Wildman–Crippen MR) is 129 cm³/mol. The normalized spacial score (nSPS) is 11.4. The molecule has 0 spiro atoms. The number of aromatic amines is 1. The van der Waals surface area contributed by atoms with Gasteiger partial charge in [0.1, 0.15) is 13.2 Å². The number of H-pyrrole nitrogens is 1. The number of alkyl carbamates (subject to hydrolysis) is 1. The van der Waals surface area contributed by atoms with Crippen molar-refractivity contribution in [3.8, 4) is 0 Å². The molecule has 0 fully saturated rings. The second-order valence-corrected chi connectivity index (χ2v) is 7.93. The highest BCUT2D eigenvalue weighted by Gasteiger charge is 2.31. The molecule has 0 aliphatic heterocycles. The number of rotatable bonds is 10. The Balaban J connectivity index is 1.75. The summed E-state index contributed by atoms with van der Waals surface area (Å²) in [6.07, 6.45) is 0.500. The molecule has 0 aliphatic rings. The van der Waals surface area contributed by atoms with Crippen LogP contribution in [-0.2, 0) is 27.5 Å². The van der Waals surface area contributed by atoms with Crippen molar-refractivity contribution in [3.05, 3.63) is 104 Å². The molecule has 3 rings (SSSR count). The summed E-state index contributed by atoms with van der Waals surface area (Å²) in [7, 11) is 0. The van der Waals surface area contributed by atoms with Crippen molar-refractivity contribution in [1.82, 2.24) is 19.8 Å². The maximum Gasteiger partial charge on any atom is 0.407 e. The van der Waals surface area contributed by atoms with Crippen molar-refractivity contribution >= 4 is 18.0 Å². The summed E-state index contributed by atoms with van der Waals surface area (Å²) in [6.45, 7) is 0.737. The van der Waals surface area contributed by atoms with Crippen molar-refractivity contribution in [1.29, 1.82) is 0 Å². The molecule has 0 aliphatic carbocycles. The number of ether oxygens (including phenoxy) is 1. The molecule has 0 saturated carbocycles. The summed E-state index contributed by atoms with van der Waals surface area (Å²) < 4.78 is 6.15. The molecule has 1 heterocycles. The Labute approximate surface area is 206 Å². The number of hydrogen-bond acceptors (Lipinski definition) is 6. The van der Waals surface area contributed by atoms with Gasteiger partial charge in [-0.25, -0.2) is 14.4 Å². The summed E-state index contributed by atoms with van der Waals surface area (Å²) in [5, 5.41) is 12.5. The zero-order chi connectivity index (χ0) is 26.1. The lowest BCUT2D eigenvalue weighted by Gasteiger charge is -2.29. The quantitative estimate of drug-likeness (QED) is 0.386. The lowest BCUT2D eigenvalue weighted by molar-refractivity contribution is -0.151. The van der Waals surface area contributed by atoms with Gasteiger partial charge in [0.05, 0.1) is 0 Å². The van der Waals surface area contributed by atoms with E-state index < -0.39 is 41.8 Å². The Morgan fingerprint density at radius 3 is 2.33 bits per heavy atom. The van der Waals surface area contributed by atoms with E-state index in [1.807, 2.05) is 18.2 Å². The van der Waals surface area contributed by atoms with Gasteiger partial charge in [0.25, 0.3) is 5.56 Å². The molecule has 3 N–H and O–H groups in total. The molecule has 2 aromatic carbocycles. The molecular formula is C25H26N4O7. The number of carboxylic acids is 1. The van der Waals surface area contributed by atoms with Crippen LogP contribution in [0.2, 0.25) is 0 Å². The van der Waals surface area contributed by atoms with Crippen molar-refractivity contribution in [2.45, 2.75) is 26.1 Å². The summed E-state index contributed by atoms with van der Waals surface area (Å²) in [5.74, 6) is -1.98. The summed E-state index contributed by atoms with van der Waals surface area (Å²) in [5.41, 5.74) is -0.0229. The van der Waals surface area contributed by atoms with Crippen LogP contribution in [0.5, 0.6) is 0 Å². The van der Waals surface area contributed by atoms with Gasteiger partial charge >= 0.3 is 17.8 Å². The minimum absolute atomic E-state index is 0.0472. The van der Waals surface area contributed by atoms with Crippen LogP contribution in [0, 0.1) is 6.92 Å². The molecule has 1 unspecified atom stereocenters. The average molecular weight is 495 g/mol. The fourth-order valence-electron chi connectivity index (χ4n) is 3.51. The molecule has 2 amide bonds. The van der Waals surface area contributed by atoms with Crippen LogP contribution in [0.4, 0.5) is 4.79 Å². The van der Waals surface area contributed by atoms with Gasteiger partial charge < -0.3 is 20.1 Å². The van der Waals surface area contributed by atoms with Crippen LogP contribution in [0.3, 0.4) is 0 Å². The second-order valence-electron chi connectivity index (χ2n) is 7.93. The van der Waals surface area contributed by atoms with Crippen LogP contribution < -0.4 is 16.6 Å². The van der Waals surface area contributed by atoms with Gasteiger partial charge in [-0.05, 0) is 18.1 Å². The van der Waals surface area contributed by atoms with Crippen LogP contribution in [0.15, 0.2) is 76.4 Å². The zero-order valence-corrected chi connectivity index (χ0v) is 19.5. The third-order valence-corrected chi connectivity index (χ3v) is 5.31. The molecule has 0 radical (unpaired) electrons. The molecule has 3 aromatic rings. The number of aliphatic carboxylic acids is 1. The molecule has 188 valence electrons. The lowest BCUT2D eigenvalue weighted by atomic mass is 10.1. The van der Waals surface area contributed by atoms with E-state index in [1.54, 1.807) is 42.5 Å². The number of carbonyl (C=O) groups is 3. The van der Waals surface area contributed by atoms with E-state index in [0.29, 0.717) is 5.56 Å². The first kappa shape index (κ1) is 25.9. The van der Waals surface area contributed by atoms with E-state index in [0.717, 1.165) is 15.0 Å². The number of carboxylic acid groups (broad SMARTS) is 1. The second kappa shape index (κ2) is 12.2. The van der Waals surface area contributed by atoms with E-state index in [9.17, 15) is 29.1 Å². The maximum absolute atomic E-state index is 13.2. The number of aryl methyl sites for hydroxylation is 1. The Hall–Kier alpha value is -4.67. The average Bonchev–Trinajstić information content (AvgIpc) is 2.86. The highest BCUT2D eigenvalue weighted by Crippen LogP contribution is 2.21. The van der Waals surface area contributed by atoms with Gasteiger partial charge in [-0.15, -0.1) is 0 Å². The van der Waals surface area contributed by atoms with Crippen molar-refractivity contribution < 1.29 is 24.2 Å². The monoisotopic (exact) mass is 494 g/mol. The number of hydrogen-bond donors (Lipinski definition) is 3. The van der Waals surface area contributed by atoms with Crippen molar-refractivity contribution in [2.24, 2.45) is 0 Å². The first-order valence-electron chi connectivity index (χ1n) is 11.1. The number of benzene rings is 2. The summed E-state index contributed by atoms with van der Waals surface area (Å²) in [4.78, 5) is 64.5. The van der Waals surface area contributed by atoms with E-state index in [4.69, 9.17) is 4.74 Å². The highest BCUT2D eigenvalue weighted by atomic mass is 16.5. The zero-order valence-electron chi connectivity index (χ0n) is 19.5. The van der Waals surface area contributed by atoms with E-state index in [2.05, 4.69) is 10.3 Å². The van der Waals surface area contributed by atoms with Gasteiger partial charge in [0, 0.05) is 24.8 Å². The standard InChI is InChI=1S/C25H26N4O7/c1-17-14-28(24(34)27-22(17)31)15-20(30)29(21(23(32)33)19-10-6-3-7-11-19)13-12-26-25(35)36-16-18-8-4-2-5-9-18/h2-11,14,21H,12-13,15-16H2,1H3,(H,26,35)(H,32,33)(H,27,31,34). The van der Waals surface area contributed by atoms with E-state index in [-0.39, 0.29) is 25.3 Å². The Bertz CT molecular complexity index is 1320. The summed E-state index contributed by atoms with van der Waals surface area (Å²) >= 11 is 0. The van der Waals surface area contributed by atoms with Gasteiger partial charge in [-0.3, -0.25) is 19.1 Å². The lowest BCUT2D eigenvalue weighted by Crippen LogP contribution is -2.46. The van der Waals surface area contributed by atoms with Crippen LogP contribution in [0.1, 0.15) is 22.7 Å². The number of amides is 2. The highest BCUT2D eigenvalue weighted by molar-refractivity contribution is 5.84. The minimum atomic E-state index is -1.37. The molecule has 11 nitrogen and oxygen atoms in total. The van der Waals surface area contributed by atoms with Crippen LogP contribution in [0.25, 0.3) is 0 Å². The number of nitrogens with one attached hydrogen (secondary N) is 2. The maximum atomic E-state index is 13.2. The Morgan fingerprint density at radius 2 is 1.69 bits per heavy atom.